The smallest absolute Gasteiger partial charge is 0.355 e. The Bertz CT molecular complexity index is 1330. The minimum Gasteiger partial charge on any atom is -0.466 e. The van der Waals surface area contributed by atoms with Crippen LogP contribution in [0.15, 0.2) is 71.2 Å². The number of nitrogens with zero attached hydrogens (tertiary/aromatic N) is 3. The fraction of sp³-hybridized carbons (Fsp3) is 0.269. The van der Waals surface area contributed by atoms with Crippen molar-refractivity contribution < 1.29 is 24.0 Å². The molecule has 1 aliphatic rings. The molecule has 0 aromatic heterocycles. The summed E-state index contributed by atoms with van der Waals surface area (Å²) in [5, 5.41) is 22.2. The van der Waals surface area contributed by atoms with Gasteiger partial charge in [0.15, 0.2) is 0 Å². The van der Waals surface area contributed by atoms with E-state index >= 15 is 0 Å². The van der Waals surface area contributed by atoms with Crippen molar-refractivity contribution in [3.8, 4) is 6.07 Å². The second kappa shape index (κ2) is 9.92. The molecule has 1 unspecified atom stereocenters. The lowest BCUT2D eigenvalue weighted by Crippen LogP contribution is -2.41. The Hall–Kier alpha value is -4.65. The zero-order chi connectivity index (χ0) is 26.8. The van der Waals surface area contributed by atoms with Crippen LogP contribution in [-0.2, 0) is 24.5 Å². The molecule has 1 atom stereocenters. The number of benzene rings is 2. The first-order chi connectivity index (χ1) is 17.0. The number of hydrogen-bond acceptors (Lipinski definition) is 9. The number of carbonyl (C=O) groups is 2. The number of nitrogens with two attached hydrogens (primary N) is 1. The molecule has 2 aromatic carbocycles. The van der Waals surface area contributed by atoms with Gasteiger partial charge in [-0.2, -0.15) is 5.26 Å². The third kappa shape index (κ3) is 4.51. The van der Waals surface area contributed by atoms with Crippen molar-refractivity contribution in [2.75, 3.05) is 19.1 Å². The summed E-state index contributed by atoms with van der Waals surface area (Å²) < 4.78 is 9.95. The number of hydrogen-bond donors (Lipinski definition) is 1. The fourth-order valence-corrected chi connectivity index (χ4v) is 4.09. The maximum atomic E-state index is 13.1. The number of carbonyl (C=O) groups excluding carboxylic acids is 2. The molecule has 0 amide bonds. The summed E-state index contributed by atoms with van der Waals surface area (Å²) in [5.41, 5.74) is 6.03. The maximum absolute atomic E-state index is 13.1. The quantitative estimate of drug-likeness (QED) is 0.375. The molecule has 3 rings (SSSR count). The predicted octanol–water partition coefficient (Wildman–Crippen LogP) is 3.79. The van der Waals surface area contributed by atoms with Gasteiger partial charge in [0.1, 0.15) is 17.2 Å². The lowest BCUT2D eigenvalue weighted by Gasteiger charge is -2.35. The van der Waals surface area contributed by atoms with Crippen molar-refractivity contribution in [1.82, 2.24) is 0 Å². The van der Waals surface area contributed by atoms with Gasteiger partial charge in [-0.15, -0.1) is 0 Å². The van der Waals surface area contributed by atoms with Crippen LogP contribution in [0.1, 0.15) is 37.8 Å². The van der Waals surface area contributed by atoms with Gasteiger partial charge in [-0.1, -0.05) is 57.2 Å². The third-order valence-electron chi connectivity index (χ3n) is 5.89. The number of ether oxygens (including phenoxy) is 2. The fourth-order valence-electron chi connectivity index (χ4n) is 4.09. The van der Waals surface area contributed by atoms with Gasteiger partial charge >= 0.3 is 11.9 Å². The minimum absolute atomic E-state index is 0.0801. The summed E-state index contributed by atoms with van der Waals surface area (Å²) in [6.07, 6.45) is 0. The van der Waals surface area contributed by atoms with Crippen molar-refractivity contribution >= 4 is 23.3 Å². The molecule has 1 heterocycles. The first-order valence-corrected chi connectivity index (χ1v) is 10.9. The van der Waals surface area contributed by atoms with E-state index in [4.69, 9.17) is 15.2 Å². The molecule has 0 saturated heterocycles. The van der Waals surface area contributed by atoms with Gasteiger partial charge < -0.3 is 15.2 Å². The molecule has 0 radical (unpaired) electrons. The normalized spacial score (nSPS) is 15.9. The number of rotatable bonds is 5. The summed E-state index contributed by atoms with van der Waals surface area (Å²) in [7, 11) is 2.24. The van der Waals surface area contributed by atoms with Gasteiger partial charge in [-0.25, -0.2) is 9.59 Å². The molecule has 2 aromatic rings. The second-order valence-corrected chi connectivity index (χ2v) is 9.05. The second-order valence-electron chi connectivity index (χ2n) is 9.05. The minimum atomic E-state index is -1.07. The number of anilines is 1. The number of allylic oxidation sites excluding steroid dienone is 1. The number of nitro benzene ring substituents is 1. The molecule has 10 nitrogen and oxygen atoms in total. The third-order valence-corrected chi connectivity index (χ3v) is 5.89. The van der Waals surface area contributed by atoms with Crippen molar-refractivity contribution in [3.05, 3.63) is 92.4 Å². The molecule has 186 valence electrons. The monoisotopic (exact) mass is 490 g/mol. The molecular weight excluding hydrogens is 464 g/mol. The lowest BCUT2D eigenvalue weighted by atomic mass is 9.80. The molecule has 0 aliphatic carbocycles. The Morgan fingerprint density at radius 3 is 2.19 bits per heavy atom. The van der Waals surface area contributed by atoms with E-state index in [-0.39, 0.29) is 34.0 Å². The first kappa shape index (κ1) is 26.0. The standard InChI is InChI=1S/C26H26N4O6/c1-26(2,3)16-11-12-18(19(13-16)30(33)34)29-22(25(32)36-5)21(24(31)35-4)20(17(14-27)23(29)28)15-9-7-6-8-10-15/h6-13,20H,28H2,1-5H3. The molecule has 36 heavy (non-hydrogen) atoms. The predicted molar refractivity (Wildman–Crippen MR) is 131 cm³/mol. The van der Waals surface area contributed by atoms with Gasteiger partial charge in [0.2, 0.25) is 0 Å². The van der Waals surface area contributed by atoms with E-state index in [1.165, 1.54) is 12.1 Å². The molecular formula is C26H26N4O6. The van der Waals surface area contributed by atoms with E-state index in [1.54, 1.807) is 36.4 Å². The Kier molecular flexibility index (Phi) is 7.15. The Morgan fingerprint density at radius 1 is 1.08 bits per heavy atom. The average molecular weight is 491 g/mol. The van der Waals surface area contributed by atoms with Crippen molar-refractivity contribution in [3.63, 3.8) is 0 Å². The highest BCUT2D eigenvalue weighted by atomic mass is 16.6. The van der Waals surface area contributed by atoms with Crippen LogP contribution >= 0.6 is 0 Å². The lowest BCUT2D eigenvalue weighted by molar-refractivity contribution is -0.384. The van der Waals surface area contributed by atoms with Gasteiger partial charge in [0.25, 0.3) is 5.69 Å². The maximum Gasteiger partial charge on any atom is 0.355 e. The number of nitro groups is 1. The Labute approximate surface area is 208 Å². The van der Waals surface area contributed by atoms with E-state index in [0.717, 1.165) is 19.1 Å². The molecule has 0 bridgehead atoms. The van der Waals surface area contributed by atoms with E-state index in [1.807, 2.05) is 26.8 Å². The van der Waals surface area contributed by atoms with Crippen LogP contribution in [0.3, 0.4) is 0 Å². The van der Waals surface area contributed by atoms with Gasteiger partial charge in [-0.05, 0) is 22.6 Å². The van der Waals surface area contributed by atoms with Gasteiger partial charge in [-0.3, -0.25) is 15.0 Å². The number of esters is 2. The summed E-state index contributed by atoms with van der Waals surface area (Å²) in [6, 6.07) is 15.0. The SMILES string of the molecule is COC(=O)C1=C(C(=O)OC)N(c2ccc(C(C)(C)C)cc2[N+](=O)[O-])C(N)=C(C#N)C1c1ccccc1. The first-order valence-electron chi connectivity index (χ1n) is 10.9. The highest BCUT2D eigenvalue weighted by Gasteiger charge is 2.44. The van der Waals surface area contributed by atoms with Crippen molar-refractivity contribution in [2.24, 2.45) is 5.73 Å². The number of nitriles is 1. The molecule has 0 fully saturated rings. The summed E-state index contributed by atoms with van der Waals surface area (Å²) in [6.45, 7) is 5.69. The highest BCUT2D eigenvalue weighted by molar-refractivity contribution is 6.06. The van der Waals surface area contributed by atoms with Crippen LogP contribution in [0.2, 0.25) is 0 Å². The zero-order valence-corrected chi connectivity index (χ0v) is 20.6. The van der Waals surface area contributed by atoms with Crippen molar-refractivity contribution in [1.29, 1.82) is 5.26 Å². The molecule has 10 heteroatoms. The van der Waals surface area contributed by atoms with Crippen LogP contribution in [-0.4, -0.2) is 31.1 Å². The van der Waals surface area contributed by atoms with Crippen LogP contribution < -0.4 is 10.6 Å². The van der Waals surface area contributed by atoms with E-state index < -0.39 is 28.2 Å². The average Bonchev–Trinajstić information content (AvgIpc) is 2.86. The molecule has 2 N–H and O–H groups in total. The van der Waals surface area contributed by atoms with Crippen LogP contribution in [0.25, 0.3) is 0 Å². The van der Waals surface area contributed by atoms with Crippen molar-refractivity contribution in [2.45, 2.75) is 32.1 Å². The van der Waals surface area contributed by atoms with E-state index in [9.17, 15) is 25.0 Å². The van der Waals surface area contributed by atoms with Crippen LogP contribution in [0, 0.1) is 21.4 Å². The topological polar surface area (TPSA) is 149 Å². The largest absolute Gasteiger partial charge is 0.466 e. The summed E-state index contributed by atoms with van der Waals surface area (Å²) in [4.78, 5) is 38.8. The molecule has 0 saturated carbocycles. The van der Waals surface area contributed by atoms with Crippen LogP contribution in [0.4, 0.5) is 11.4 Å². The van der Waals surface area contributed by atoms with Gasteiger partial charge in [0, 0.05) is 6.07 Å². The summed E-state index contributed by atoms with van der Waals surface area (Å²) >= 11 is 0. The van der Waals surface area contributed by atoms with Crippen LogP contribution in [0.5, 0.6) is 0 Å². The Balaban J connectivity index is 2.47. The van der Waals surface area contributed by atoms with E-state index in [0.29, 0.717) is 11.1 Å². The van der Waals surface area contributed by atoms with E-state index in [2.05, 4.69) is 0 Å². The Morgan fingerprint density at radius 2 is 1.69 bits per heavy atom. The molecule has 0 spiro atoms. The highest BCUT2D eigenvalue weighted by Crippen LogP contribution is 2.45. The zero-order valence-electron chi connectivity index (χ0n) is 20.6. The van der Waals surface area contributed by atoms with Gasteiger partial charge in [0.05, 0.1) is 42.3 Å². The molecule has 1 aliphatic heterocycles. The number of methoxy groups -OCH3 is 2. The summed E-state index contributed by atoms with van der Waals surface area (Å²) in [5.74, 6) is -3.21.